The maximum Gasteiger partial charge on any atom is 0.223 e. The van der Waals surface area contributed by atoms with Gasteiger partial charge in [0.05, 0.1) is 0 Å². The first-order valence-corrected chi connectivity index (χ1v) is 4.73. The molecule has 14 heavy (non-hydrogen) atoms. The standard InChI is InChI=1S/C11H16O3/c1-9(2,3)10-7-8(12)5-6-11(10,13-4)14-10/h5-7,12H,1-4H3. The Balaban J connectivity index is 2.43. The molecule has 0 aromatic heterocycles. The molecule has 2 atom stereocenters. The van der Waals surface area contributed by atoms with Crippen molar-refractivity contribution in [3.05, 3.63) is 24.0 Å². The first kappa shape index (κ1) is 9.74. The predicted octanol–water partition coefficient (Wildman–Crippen LogP) is 2.16. The van der Waals surface area contributed by atoms with E-state index in [1.807, 2.05) is 0 Å². The molecule has 2 rings (SSSR count). The van der Waals surface area contributed by atoms with Crippen LogP contribution < -0.4 is 0 Å². The first-order chi connectivity index (χ1) is 6.37. The van der Waals surface area contributed by atoms with Crippen LogP contribution in [0, 0.1) is 5.41 Å². The van der Waals surface area contributed by atoms with Gasteiger partial charge in [-0.1, -0.05) is 20.8 Å². The van der Waals surface area contributed by atoms with Gasteiger partial charge in [-0.2, -0.15) is 0 Å². The molecular formula is C11H16O3. The highest BCUT2D eigenvalue weighted by atomic mass is 16.8. The van der Waals surface area contributed by atoms with E-state index in [0.29, 0.717) is 0 Å². The SMILES string of the molecule is COC12C=CC(O)=CC1(C(C)(C)C)O2. The number of ether oxygens (including phenoxy) is 2. The van der Waals surface area contributed by atoms with Crippen molar-refractivity contribution in [3.8, 4) is 0 Å². The average Bonchev–Trinajstić information content (AvgIpc) is 2.74. The Bertz CT molecular complexity index is 324. The van der Waals surface area contributed by atoms with E-state index in [0.717, 1.165) is 0 Å². The molecule has 78 valence electrons. The molecule has 1 fully saturated rings. The largest absolute Gasteiger partial charge is 0.508 e. The first-order valence-electron chi connectivity index (χ1n) is 4.73. The number of rotatable bonds is 1. The Kier molecular flexibility index (Phi) is 1.68. The van der Waals surface area contributed by atoms with Gasteiger partial charge in [0.25, 0.3) is 0 Å². The molecule has 1 aliphatic heterocycles. The zero-order valence-corrected chi connectivity index (χ0v) is 9.00. The quantitative estimate of drug-likeness (QED) is 0.653. The predicted molar refractivity (Wildman–Crippen MR) is 52.9 cm³/mol. The molecule has 2 aliphatic rings. The Morgan fingerprint density at radius 3 is 2.57 bits per heavy atom. The number of methoxy groups -OCH3 is 1. The second kappa shape index (κ2) is 2.41. The maximum absolute atomic E-state index is 9.48. The fraction of sp³-hybridized carbons (Fsp3) is 0.636. The molecule has 1 heterocycles. The summed E-state index contributed by atoms with van der Waals surface area (Å²) < 4.78 is 11.1. The highest BCUT2D eigenvalue weighted by Gasteiger charge is 2.75. The summed E-state index contributed by atoms with van der Waals surface area (Å²) >= 11 is 0. The van der Waals surface area contributed by atoms with Gasteiger partial charge in [-0.3, -0.25) is 0 Å². The highest BCUT2D eigenvalue weighted by molar-refractivity contribution is 5.40. The second-order valence-corrected chi connectivity index (χ2v) is 4.86. The van der Waals surface area contributed by atoms with Gasteiger partial charge in [0.15, 0.2) is 5.60 Å². The van der Waals surface area contributed by atoms with Crippen LogP contribution in [0.15, 0.2) is 24.0 Å². The van der Waals surface area contributed by atoms with Crippen molar-refractivity contribution < 1.29 is 14.6 Å². The molecule has 3 heteroatoms. The van der Waals surface area contributed by atoms with Crippen LogP contribution in [0.25, 0.3) is 0 Å². The monoisotopic (exact) mass is 196 g/mol. The van der Waals surface area contributed by atoms with Crippen molar-refractivity contribution in [3.63, 3.8) is 0 Å². The van der Waals surface area contributed by atoms with Crippen LogP contribution in [0.5, 0.6) is 0 Å². The molecular weight excluding hydrogens is 180 g/mol. The van der Waals surface area contributed by atoms with Crippen molar-refractivity contribution in [2.24, 2.45) is 5.41 Å². The van der Waals surface area contributed by atoms with Gasteiger partial charge in [-0.15, -0.1) is 0 Å². The normalized spacial score (nSPS) is 40.4. The second-order valence-electron chi connectivity index (χ2n) is 4.86. The number of aliphatic hydroxyl groups excluding tert-OH is 1. The molecule has 1 N–H and O–H groups in total. The van der Waals surface area contributed by atoms with Crippen LogP contribution in [0.4, 0.5) is 0 Å². The van der Waals surface area contributed by atoms with Crippen LogP contribution in [0.2, 0.25) is 0 Å². The molecule has 3 nitrogen and oxygen atoms in total. The molecule has 0 spiro atoms. The third kappa shape index (κ3) is 0.940. The van der Waals surface area contributed by atoms with Gasteiger partial charge in [-0.05, 0) is 18.2 Å². The Morgan fingerprint density at radius 1 is 1.43 bits per heavy atom. The third-order valence-corrected chi connectivity index (χ3v) is 3.03. The van der Waals surface area contributed by atoms with Gasteiger partial charge in [0.1, 0.15) is 5.76 Å². The summed E-state index contributed by atoms with van der Waals surface area (Å²) in [5.41, 5.74) is -0.630. The van der Waals surface area contributed by atoms with Crippen LogP contribution >= 0.6 is 0 Å². The van der Waals surface area contributed by atoms with Crippen LogP contribution in [-0.4, -0.2) is 23.6 Å². The van der Waals surface area contributed by atoms with Gasteiger partial charge in [0.2, 0.25) is 5.79 Å². The topological polar surface area (TPSA) is 42.0 Å². The smallest absolute Gasteiger partial charge is 0.223 e. The number of aliphatic hydroxyl groups is 1. The number of hydrogen-bond acceptors (Lipinski definition) is 3. The van der Waals surface area contributed by atoms with Gasteiger partial charge >= 0.3 is 0 Å². The Hall–Kier alpha value is -0.800. The molecule has 0 radical (unpaired) electrons. The maximum atomic E-state index is 9.48. The van der Waals surface area contributed by atoms with E-state index >= 15 is 0 Å². The lowest BCUT2D eigenvalue weighted by atomic mass is 9.75. The van der Waals surface area contributed by atoms with Crippen molar-refractivity contribution >= 4 is 0 Å². The lowest BCUT2D eigenvalue weighted by Crippen LogP contribution is -2.38. The highest BCUT2D eigenvalue weighted by Crippen LogP contribution is 2.62. The molecule has 0 aromatic rings. The summed E-state index contributed by atoms with van der Waals surface area (Å²) in [5, 5.41) is 9.48. The van der Waals surface area contributed by atoms with Crippen LogP contribution in [-0.2, 0) is 9.47 Å². The van der Waals surface area contributed by atoms with E-state index < -0.39 is 11.4 Å². The summed E-state index contributed by atoms with van der Waals surface area (Å²) in [6.45, 7) is 6.20. The molecule has 1 saturated heterocycles. The van der Waals surface area contributed by atoms with Crippen molar-refractivity contribution in [1.29, 1.82) is 0 Å². The fourth-order valence-corrected chi connectivity index (χ4v) is 2.11. The number of hydrogen-bond donors (Lipinski definition) is 1. The van der Waals surface area contributed by atoms with Gasteiger partial charge in [-0.25, -0.2) is 0 Å². The Labute approximate surface area is 84.0 Å². The average molecular weight is 196 g/mol. The number of allylic oxidation sites excluding steroid dienone is 1. The zero-order valence-electron chi connectivity index (χ0n) is 9.00. The summed E-state index contributed by atoms with van der Waals surface area (Å²) in [4.78, 5) is 0. The minimum Gasteiger partial charge on any atom is -0.508 e. The van der Waals surface area contributed by atoms with E-state index in [1.54, 1.807) is 25.3 Å². The fourth-order valence-electron chi connectivity index (χ4n) is 2.11. The number of fused-ring (bicyclic) bond motifs is 1. The molecule has 2 unspecified atom stereocenters. The number of epoxide rings is 1. The van der Waals surface area contributed by atoms with Crippen molar-refractivity contribution in [2.45, 2.75) is 32.2 Å². The molecule has 0 amide bonds. The molecule has 0 aromatic carbocycles. The van der Waals surface area contributed by atoms with Crippen molar-refractivity contribution in [2.75, 3.05) is 7.11 Å². The van der Waals surface area contributed by atoms with Gasteiger partial charge in [0, 0.05) is 12.5 Å². The van der Waals surface area contributed by atoms with E-state index in [9.17, 15) is 5.11 Å². The zero-order chi connectivity index (χ0) is 10.6. The van der Waals surface area contributed by atoms with Crippen LogP contribution in [0.3, 0.4) is 0 Å². The Morgan fingerprint density at radius 2 is 2.07 bits per heavy atom. The van der Waals surface area contributed by atoms with Crippen LogP contribution in [0.1, 0.15) is 20.8 Å². The minimum atomic E-state index is -0.669. The summed E-state index contributed by atoms with van der Waals surface area (Å²) in [6, 6.07) is 0. The summed E-state index contributed by atoms with van der Waals surface area (Å²) in [5.74, 6) is -0.428. The van der Waals surface area contributed by atoms with E-state index in [2.05, 4.69) is 20.8 Å². The summed E-state index contributed by atoms with van der Waals surface area (Å²) in [6.07, 6.45) is 5.12. The van der Waals surface area contributed by atoms with E-state index in [-0.39, 0.29) is 11.2 Å². The third-order valence-electron chi connectivity index (χ3n) is 3.03. The van der Waals surface area contributed by atoms with E-state index in [1.165, 1.54) is 0 Å². The van der Waals surface area contributed by atoms with Crippen molar-refractivity contribution in [1.82, 2.24) is 0 Å². The minimum absolute atomic E-state index is 0.109. The van der Waals surface area contributed by atoms with Gasteiger partial charge < -0.3 is 14.6 Å². The lowest BCUT2D eigenvalue weighted by molar-refractivity contribution is 0.0290. The molecule has 0 saturated carbocycles. The molecule has 1 aliphatic carbocycles. The lowest BCUT2D eigenvalue weighted by Gasteiger charge is -2.28. The summed E-state index contributed by atoms with van der Waals surface area (Å²) in [7, 11) is 1.62. The van der Waals surface area contributed by atoms with E-state index in [4.69, 9.17) is 9.47 Å². The molecule has 0 bridgehead atoms.